The molecular weight excluding hydrogens is 670 g/mol. The van der Waals surface area contributed by atoms with Gasteiger partial charge in [0.15, 0.2) is 7.14 Å². The standard InChI is InChI=1S/C46H28N5OP/c1-30-22-31(27-47)8-7-21-50(42-17-13-32(28-48)23-38(30)42)34-15-19-45-40(25-34)41-26-35(16-20-46(41)53(45,52)36-9-3-2-4-10-36)51-43-12-6-5-11-37(43)39-24-33(29-49)14-18-44(39)51/h2-20,22-26H,1,21H2/b8-7-,31-22+. The van der Waals surface area contributed by atoms with Gasteiger partial charge >= 0.3 is 0 Å². The van der Waals surface area contributed by atoms with Gasteiger partial charge in [-0.2, -0.15) is 15.8 Å². The first-order chi connectivity index (χ1) is 25.9. The van der Waals surface area contributed by atoms with Crippen molar-refractivity contribution < 1.29 is 4.57 Å². The number of aromatic nitrogens is 1. The Hall–Kier alpha value is -7.16. The summed E-state index contributed by atoms with van der Waals surface area (Å²) in [5.41, 5.74) is 9.34. The maximum atomic E-state index is 15.6. The van der Waals surface area contributed by atoms with Crippen LogP contribution < -0.4 is 20.8 Å². The van der Waals surface area contributed by atoms with Crippen molar-refractivity contribution in [2.75, 3.05) is 11.4 Å². The second-order valence-corrected chi connectivity index (χ2v) is 15.8. The molecule has 0 N–H and O–H groups in total. The lowest BCUT2D eigenvalue weighted by Gasteiger charge is -2.27. The first kappa shape index (κ1) is 31.8. The molecule has 53 heavy (non-hydrogen) atoms. The van der Waals surface area contributed by atoms with E-state index in [4.69, 9.17) is 0 Å². The molecule has 0 saturated carbocycles. The molecule has 9 rings (SSSR count). The molecule has 1 aromatic heterocycles. The number of nitriles is 3. The van der Waals surface area contributed by atoms with E-state index >= 15 is 4.57 Å². The molecule has 3 heterocycles. The van der Waals surface area contributed by atoms with Crippen LogP contribution >= 0.6 is 7.14 Å². The molecule has 0 amide bonds. The molecule has 0 fully saturated rings. The lowest BCUT2D eigenvalue weighted by molar-refractivity contribution is 0.593. The van der Waals surface area contributed by atoms with Crippen LogP contribution in [0.3, 0.4) is 0 Å². The van der Waals surface area contributed by atoms with E-state index in [0.29, 0.717) is 28.8 Å². The second-order valence-electron chi connectivity index (χ2n) is 13.1. The molecule has 0 bridgehead atoms. The number of hydrogen-bond donors (Lipinski definition) is 0. The predicted octanol–water partition coefficient (Wildman–Crippen LogP) is 9.32. The molecule has 0 spiro atoms. The fourth-order valence-corrected chi connectivity index (χ4v) is 10.8. The molecule has 6 nitrogen and oxygen atoms in total. The summed E-state index contributed by atoms with van der Waals surface area (Å²) in [5.74, 6) is 0. The van der Waals surface area contributed by atoms with Crippen molar-refractivity contribution in [3.8, 4) is 35.0 Å². The Labute approximate surface area is 306 Å². The zero-order valence-electron chi connectivity index (χ0n) is 28.4. The van der Waals surface area contributed by atoms with Crippen LogP contribution in [0.4, 0.5) is 11.4 Å². The zero-order chi connectivity index (χ0) is 36.3. The van der Waals surface area contributed by atoms with Crippen molar-refractivity contribution in [3.63, 3.8) is 0 Å². The van der Waals surface area contributed by atoms with Gasteiger partial charge in [0, 0.05) is 55.9 Å². The maximum Gasteiger partial charge on any atom is 0.172 e. The first-order valence-corrected chi connectivity index (χ1v) is 18.8. The fraction of sp³-hybridized carbons (Fsp3) is 0.0217. The molecular formula is C46H28N5OP. The number of para-hydroxylation sites is 1. The first-order valence-electron chi connectivity index (χ1n) is 17.1. The topological polar surface area (TPSA) is 96.6 Å². The van der Waals surface area contributed by atoms with E-state index in [2.05, 4.69) is 58.5 Å². The summed E-state index contributed by atoms with van der Waals surface area (Å²) in [7, 11) is -3.26. The highest BCUT2D eigenvalue weighted by molar-refractivity contribution is 7.86. The van der Waals surface area contributed by atoms with Crippen LogP contribution in [-0.4, -0.2) is 11.1 Å². The highest BCUT2D eigenvalue weighted by Gasteiger charge is 2.41. The Balaban J connectivity index is 1.28. The van der Waals surface area contributed by atoms with Crippen molar-refractivity contribution in [1.82, 2.24) is 4.57 Å². The van der Waals surface area contributed by atoms with Gasteiger partial charge in [-0.25, -0.2) is 0 Å². The number of rotatable bonds is 3. The monoisotopic (exact) mass is 697 g/mol. The van der Waals surface area contributed by atoms with E-state index in [-0.39, 0.29) is 0 Å². The molecule has 7 aromatic rings. The molecule has 7 heteroatoms. The third-order valence-corrected chi connectivity index (χ3v) is 13.4. The summed E-state index contributed by atoms with van der Waals surface area (Å²) < 4.78 is 17.8. The van der Waals surface area contributed by atoms with E-state index in [1.54, 1.807) is 18.2 Å². The normalized spacial score (nSPS) is 17.6. The molecule has 0 aliphatic carbocycles. The van der Waals surface area contributed by atoms with Gasteiger partial charge in [-0.1, -0.05) is 61.2 Å². The smallest absolute Gasteiger partial charge is 0.172 e. The highest BCUT2D eigenvalue weighted by Crippen LogP contribution is 2.53. The number of nitrogens with zero attached hydrogens (tertiary/aromatic N) is 5. The third kappa shape index (κ3) is 4.88. The molecule has 248 valence electrons. The molecule has 0 radical (unpaired) electrons. The van der Waals surface area contributed by atoms with Crippen molar-refractivity contribution in [3.05, 3.63) is 174 Å². The average molecular weight is 698 g/mol. The number of benzene rings is 6. The highest BCUT2D eigenvalue weighted by atomic mass is 31.2. The van der Waals surface area contributed by atoms with Crippen LogP contribution in [0.2, 0.25) is 0 Å². The zero-order valence-corrected chi connectivity index (χ0v) is 29.3. The SMILES string of the molecule is C=C1/C=C(C#N)\C=C/CN(c2ccc3c(c2)-c2cc(-n4c5ccccc5c5cc(C#N)ccc54)ccc2P3(=O)c2ccccc2)c2ccc(C#N)cc21. The van der Waals surface area contributed by atoms with Crippen LogP contribution in [0.5, 0.6) is 0 Å². The Morgan fingerprint density at radius 1 is 0.623 bits per heavy atom. The number of hydrogen-bond acceptors (Lipinski definition) is 5. The summed E-state index contributed by atoms with van der Waals surface area (Å²) >= 11 is 0. The quantitative estimate of drug-likeness (QED) is 0.172. The summed E-state index contributed by atoms with van der Waals surface area (Å²) in [5, 5.41) is 33.6. The van der Waals surface area contributed by atoms with Gasteiger partial charge in [0.2, 0.25) is 0 Å². The largest absolute Gasteiger partial charge is 0.337 e. The molecule has 1 atom stereocenters. The van der Waals surface area contributed by atoms with Gasteiger partial charge in [0.25, 0.3) is 0 Å². The van der Waals surface area contributed by atoms with Crippen LogP contribution in [0.15, 0.2) is 158 Å². The Morgan fingerprint density at radius 3 is 2.04 bits per heavy atom. The van der Waals surface area contributed by atoms with Gasteiger partial charge in [-0.15, -0.1) is 0 Å². The summed E-state index contributed by atoms with van der Waals surface area (Å²) in [6.07, 6.45) is 5.48. The molecule has 6 aromatic carbocycles. The number of fused-ring (bicyclic) bond motifs is 7. The summed E-state index contributed by atoms with van der Waals surface area (Å²) in [6, 6.07) is 48.3. The van der Waals surface area contributed by atoms with E-state index in [0.717, 1.165) is 71.5 Å². The second kappa shape index (κ2) is 12.3. The minimum absolute atomic E-state index is 0.444. The van der Waals surface area contributed by atoms with Crippen molar-refractivity contribution >= 4 is 61.8 Å². The molecule has 2 aliphatic heterocycles. The number of allylic oxidation sites excluding steroid dienone is 4. The lowest BCUT2D eigenvalue weighted by atomic mass is 9.99. The molecule has 0 saturated heterocycles. The third-order valence-electron chi connectivity index (χ3n) is 10.2. The lowest BCUT2D eigenvalue weighted by Crippen LogP contribution is -2.22. The van der Waals surface area contributed by atoms with Gasteiger partial charge in [-0.3, -0.25) is 0 Å². The van der Waals surface area contributed by atoms with Gasteiger partial charge in [-0.05, 0) is 108 Å². The van der Waals surface area contributed by atoms with E-state index in [9.17, 15) is 15.8 Å². The Bertz CT molecular complexity index is 2970. The molecule has 1 unspecified atom stereocenters. The van der Waals surface area contributed by atoms with Crippen LogP contribution in [0.25, 0.3) is 44.2 Å². The van der Waals surface area contributed by atoms with Gasteiger partial charge < -0.3 is 14.0 Å². The van der Waals surface area contributed by atoms with Crippen molar-refractivity contribution in [2.45, 2.75) is 0 Å². The van der Waals surface area contributed by atoms with Crippen molar-refractivity contribution in [2.24, 2.45) is 0 Å². The van der Waals surface area contributed by atoms with Crippen LogP contribution in [-0.2, 0) is 4.57 Å². The summed E-state index contributed by atoms with van der Waals surface area (Å²) in [4.78, 5) is 2.14. The predicted molar refractivity (Wildman–Crippen MR) is 214 cm³/mol. The van der Waals surface area contributed by atoms with Crippen LogP contribution in [0.1, 0.15) is 16.7 Å². The van der Waals surface area contributed by atoms with Gasteiger partial charge in [0.1, 0.15) is 0 Å². The van der Waals surface area contributed by atoms with E-state index < -0.39 is 7.14 Å². The Morgan fingerprint density at radius 2 is 1.28 bits per heavy atom. The van der Waals surface area contributed by atoms with E-state index in [1.165, 1.54) is 0 Å². The fourth-order valence-electron chi connectivity index (χ4n) is 7.81. The molecule has 2 aliphatic rings. The maximum absolute atomic E-state index is 15.6. The van der Waals surface area contributed by atoms with E-state index in [1.807, 2.05) is 103 Å². The Kier molecular flexibility index (Phi) is 7.36. The number of anilines is 2. The summed E-state index contributed by atoms with van der Waals surface area (Å²) in [6.45, 7) is 4.72. The van der Waals surface area contributed by atoms with Crippen molar-refractivity contribution in [1.29, 1.82) is 15.8 Å². The minimum Gasteiger partial charge on any atom is -0.337 e. The van der Waals surface area contributed by atoms with Crippen LogP contribution in [0, 0.1) is 34.0 Å². The average Bonchev–Trinajstić information content (AvgIpc) is 3.69. The van der Waals surface area contributed by atoms with Gasteiger partial charge in [0.05, 0.1) is 45.9 Å². The minimum atomic E-state index is -3.26.